The molecule has 1 heterocycles. The Bertz CT molecular complexity index is 1250. The van der Waals surface area contributed by atoms with E-state index in [1.807, 2.05) is 42.5 Å². The Morgan fingerprint density at radius 1 is 1.09 bits per heavy atom. The van der Waals surface area contributed by atoms with Crippen molar-refractivity contribution in [1.29, 1.82) is 0 Å². The number of amides is 1. The summed E-state index contributed by atoms with van der Waals surface area (Å²) in [6.07, 6.45) is 1.75. The number of carbonyl (C=O) groups is 1. The molecule has 0 unspecified atom stereocenters. The number of thiocarbonyl (C=S) groups is 1. The summed E-state index contributed by atoms with van der Waals surface area (Å²) in [6.45, 7) is 0.148. The lowest BCUT2D eigenvalue weighted by Gasteiger charge is -2.14. The Kier molecular flexibility index (Phi) is 6.69. The number of hydrogen-bond acceptors (Lipinski definition) is 6. The lowest BCUT2D eigenvalue weighted by Crippen LogP contribution is -2.27. The number of thioether (sulfide) groups is 1. The molecular formula is C23H15BrN2O4S2. The first-order chi connectivity index (χ1) is 15.4. The van der Waals surface area contributed by atoms with E-state index in [2.05, 4.69) is 15.9 Å². The van der Waals surface area contributed by atoms with Crippen molar-refractivity contribution >= 4 is 67.6 Å². The normalized spacial score (nSPS) is 14.8. The van der Waals surface area contributed by atoms with Gasteiger partial charge < -0.3 is 4.74 Å². The standard InChI is InChI=1S/C23H15BrN2O4S2/c24-17-9-10-20(30-14-15-5-4-8-19(11-15)26(28)29)16(12-17)13-21-22(27)25(23(31)32-21)18-6-2-1-3-7-18/h1-13H,14H2/b21-13+. The summed E-state index contributed by atoms with van der Waals surface area (Å²) >= 11 is 10.1. The van der Waals surface area contributed by atoms with Crippen LogP contribution in [0.3, 0.4) is 0 Å². The van der Waals surface area contributed by atoms with E-state index in [0.29, 0.717) is 26.1 Å². The number of ether oxygens (including phenoxy) is 1. The van der Waals surface area contributed by atoms with Gasteiger partial charge in [-0.15, -0.1) is 0 Å². The second kappa shape index (κ2) is 9.64. The molecule has 32 heavy (non-hydrogen) atoms. The van der Waals surface area contributed by atoms with Gasteiger partial charge in [0, 0.05) is 22.2 Å². The fraction of sp³-hybridized carbons (Fsp3) is 0.0435. The number of rotatable bonds is 6. The second-order valence-electron chi connectivity index (χ2n) is 6.75. The fourth-order valence-electron chi connectivity index (χ4n) is 3.09. The molecule has 3 aromatic carbocycles. The fourth-order valence-corrected chi connectivity index (χ4v) is 4.76. The molecule has 1 amide bonds. The van der Waals surface area contributed by atoms with Gasteiger partial charge in [-0.25, -0.2) is 0 Å². The van der Waals surface area contributed by atoms with Crippen molar-refractivity contribution in [2.24, 2.45) is 0 Å². The zero-order valence-electron chi connectivity index (χ0n) is 16.4. The molecule has 0 spiro atoms. The first-order valence-corrected chi connectivity index (χ1v) is 11.4. The number of nitrogens with zero attached hydrogens (tertiary/aromatic N) is 2. The van der Waals surface area contributed by atoms with Crippen LogP contribution in [0.4, 0.5) is 11.4 Å². The van der Waals surface area contributed by atoms with E-state index >= 15 is 0 Å². The van der Waals surface area contributed by atoms with Crippen molar-refractivity contribution < 1.29 is 14.5 Å². The third kappa shape index (κ3) is 4.90. The third-order valence-electron chi connectivity index (χ3n) is 4.58. The van der Waals surface area contributed by atoms with Crippen LogP contribution in [0.5, 0.6) is 5.75 Å². The molecule has 0 radical (unpaired) electrons. The minimum Gasteiger partial charge on any atom is -0.488 e. The van der Waals surface area contributed by atoms with Gasteiger partial charge in [-0.1, -0.05) is 70.2 Å². The van der Waals surface area contributed by atoms with Crippen LogP contribution in [0, 0.1) is 10.1 Å². The minimum absolute atomic E-state index is 0.00622. The van der Waals surface area contributed by atoms with Gasteiger partial charge in [0.1, 0.15) is 12.4 Å². The molecule has 1 aliphatic heterocycles. The molecule has 0 N–H and O–H groups in total. The topological polar surface area (TPSA) is 72.7 Å². The molecule has 1 saturated heterocycles. The van der Waals surface area contributed by atoms with Crippen molar-refractivity contribution in [2.45, 2.75) is 6.61 Å². The number of hydrogen-bond donors (Lipinski definition) is 0. The van der Waals surface area contributed by atoms with Crippen LogP contribution in [0.15, 0.2) is 82.2 Å². The molecule has 0 atom stereocenters. The maximum absolute atomic E-state index is 13.0. The molecule has 9 heteroatoms. The van der Waals surface area contributed by atoms with Gasteiger partial charge in [0.25, 0.3) is 11.6 Å². The number of halogens is 1. The molecule has 6 nitrogen and oxygen atoms in total. The van der Waals surface area contributed by atoms with Gasteiger partial charge in [-0.3, -0.25) is 19.8 Å². The summed E-state index contributed by atoms with van der Waals surface area (Å²) in [5.74, 6) is 0.348. The largest absolute Gasteiger partial charge is 0.488 e. The number of carbonyl (C=O) groups excluding carboxylic acids is 1. The number of non-ortho nitro benzene ring substituents is 1. The number of benzene rings is 3. The monoisotopic (exact) mass is 526 g/mol. The molecule has 3 aromatic rings. The third-order valence-corrected chi connectivity index (χ3v) is 6.38. The van der Waals surface area contributed by atoms with Crippen LogP contribution in [-0.2, 0) is 11.4 Å². The lowest BCUT2D eigenvalue weighted by atomic mass is 10.1. The van der Waals surface area contributed by atoms with E-state index in [-0.39, 0.29) is 18.2 Å². The van der Waals surface area contributed by atoms with Gasteiger partial charge >= 0.3 is 0 Å². The molecule has 160 valence electrons. The van der Waals surface area contributed by atoms with E-state index in [0.717, 1.165) is 10.2 Å². The first-order valence-electron chi connectivity index (χ1n) is 9.41. The zero-order valence-corrected chi connectivity index (χ0v) is 19.7. The van der Waals surface area contributed by atoms with Gasteiger partial charge in [-0.2, -0.15) is 0 Å². The van der Waals surface area contributed by atoms with Crippen LogP contribution >= 0.6 is 39.9 Å². The highest BCUT2D eigenvalue weighted by Gasteiger charge is 2.33. The zero-order chi connectivity index (χ0) is 22.7. The lowest BCUT2D eigenvalue weighted by molar-refractivity contribution is -0.384. The van der Waals surface area contributed by atoms with Crippen molar-refractivity contribution in [2.75, 3.05) is 4.90 Å². The number of nitro groups is 1. The summed E-state index contributed by atoms with van der Waals surface area (Å²) in [4.78, 5) is 25.6. The van der Waals surface area contributed by atoms with E-state index in [4.69, 9.17) is 17.0 Å². The summed E-state index contributed by atoms with van der Waals surface area (Å²) in [7, 11) is 0. The van der Waals surface area contributed by atoms with Crippen LogP contribution in [0.1, 0.15) is 11.1 Å². The van der Waals surface area contributed by atoms with E-state index < -0.39 is 4.92 Å². The van der Waals surface area contributed by atoms with Gasteiger partial charge in [0.2, 0.25) is 0 Å². The van der Waals surface area contributed by atoms with Gasteiger partial charge in [0.15, 0.2) is 4.32 Å². The molecule has 4 rings (SSSR count). The predicted octanol–water partition coefficient (Wildman–Crippen LogP) is 6.34. The van der Waals surface area contributed by atoms with Crippen LogP contribution in [-0.4, -0.2) is 15.2 Å². The Morgan fingerprint density at radius 2 is 1.88 bits per heavy atom. The molecule has 0 bridgehead atoms. The Morgan fingerprint density at radius 3 is 2.62 bits per heavy atom. The average molecular weight is 527 g/mol. The summed E-state index contributed by atoms with van der Waals surface area (Å²) in [6, 6.07) is 21.0. The molecule has 0 aliphatic carbocycles. The SMILES string of the molecule is O=C1/C(=C\c2cc(Br)ccc2OCc2cccc([N+](=O)[O-])c2)SC(=S)N1c1ccccc1. The maximum atomic E-state index is 13.0. The minimum atomic E-state index is -0.441. The van der Waals surface area contributed by atoms with Crippen molar-refractivity contribution in [3.8, 4) is 5.75 Å². The highest BCUT2D eigenvalue weighted by molar-refractivity contribution is 9.10. The number of anilines is 1. The van der Waals surface area contributed by atoms with Crippen molar-refractivity contribution in [3.63, 3.8) is 0 Å². The molecular weight excluding hydrogens is 512 g/mol. The smallest absolute Gasteiger partial charge is 0.270 e. The van der Waals surface area contributed by atoms with Crippen LogP contribution < -0.4 is 9.64 Å². The summed E-state index contributed by atoms with van der Waals surface area (Å²) in [5.41, 5.74) is 2.09. The number of nitro benzene ring substituents is 1. The highest BCUT2D eigenvalue weighted by Crippen LogP contribution is 2.37. The quantitative estimate of drug-likeness (QED) is 0.161. The molecule has 0 saturated carbocycles. The molecule has 1 aliphatic rings. The van der Waals surface area contributed by atoms with Crippen LogP contribution in [0.25, 0.3) is 6.08 Å². The Hall–Kier alpha value is -3.01. The molecule has 1 fully saturated rings. The van der Waals surface area contributed by atoms with Crippen molar-refractivity contribution in [3.05, 3.63) is 103 Å². The highest BCUT2D eigenvalue weighted by atomic mass is 79.9. The predicted molar refractivity (Wildman–Crippen MR) is 134 cm³/mol. The van der Waals surface area contributed by atoms with Crippen LogP contribution in [0.2, 0.25) is 0 Å². The van der Waals surface area contributed by atoms with Crippen molar-refractivity contribution in [1.82, 2.24) is 0 Å². The Balaban J connectivity index is 1.59. The average Bonchev–Trinajstić information content (AvgIpc) is 3.06. The Labute approximate surface area is 202 Å². The molecule has 0 aromatic heterocycles. The summed E-state index contributed by atoms with van der Waals surface area (Å²) < 4.78 is 7.23. The summed E-state index contributed by atoms with van der Waals surface area (Å²) in [5, 5.41) is 11.0. The van der Waals surface area contributed by atoms with E-state index in [9.17, 15) is 14.9 Å². The number of para-hydroxylation sites is 1. The maximum Gasteiger partial charge on any atom is 0.270 e. The van der Waals surface area contributed by atoms with Gasteiger partial charge in [-0.05, 0) is 42.0 Å². The van der Waals surface area contributed by atoms with E-state index in [1.165, 1.54) is 28.8 Å². The van der Waals surface area contributed by atoms with Gasteiger partial charge in [0.05, 0.1) is 15.5 Å². The second-order valence-corrected chi connectivity index (χ2v) is 9.34. The van der Waals surface area contributed by atoms with E-state index in [1.54, 1.807) is 24.3 Å². The first kappa shape index (κ1) is 22.2.